The molecule has 3 N–H and O–H groups in total. The zero-order valence-electron chi connectivity index (χ0n) is 11.1. The second-order valence-corrected chi connectivity index (χ2v) is 5.17. The molecule has 1 unspecified atom stereocenters. The van der Waals surface area contributed by atoms with Crippen LogP contribution >= 0.6 is 0 Å². The van der Waals surface area contributed by atoms with E-state index in [1.807, 2.05) is 0 Å². The number of hydrogen-bond donors (Lipinski definition) is 2. The lowest BCUT2D eigenvalue weighted by atomic mass is 9.67. The van der Waals surface area contributed by atoms with Gasteiger partial charge in [0.05, 0.1) is 6.04 Å². The second kappa shape index (κ2) is 6.97. The summed E-state index contributed by atoms with van der Waals surface area (Å²) in [6.07, 6.45) is 6.45. The molecule has 0 aromatic heterocycles. The minimum Gasteiger partial charge on any atom is -0.385 e. The van der Waals surface area contributed by atoms with Crippen LogP contribution in [0.15, 0.2) is 0 Å². The lowest BCUT2D eigenvalue weighted by Gasteiger charge is -2.41. The molecule has 1 saturated carbocycles. The highest BCUT2D eigenvalue weighted by atomic mass is 16.5. The Kier molecular flexibility index (Phi) is 5.92. The van der Waals surface area contributed by atoms with Crippen LogP contribution in [-0.2, 0) is 9.53 Å². The molecule has 0 aromatic rings. The van der Waals surface area contributed by atoms with Crippen LogP contribution in [0.25, 0.3) is 0 Å². The van der Waals surface area contributed by atoms with Gasteiger partial charge in [0.1, 0.15) is 0 Å². The quantitative estimate of drug-likeness (QED) is 0.633. The summed E-state index contributed by atoms with van der Waals surface area (Å²) in [5.74, 6) is -0.0131. The Labute approximate surface area is 104 Å². The van der Waals surface area contributed by atoms with E-state index in [-0.39, 0.29) is 11.9 Å². The van der Waals surface area contributed by atoms with Crippen molar-refractivity contribution in [1.82, 2.24) is 5.32 Å². The lowest BCUT2D eigenvalue weighted by Crippen LogP contribution is -2.47. The Balaban J connectivity index is 2.19. The molecule has 1 amide bonds. The van der Waals surface area contributed by atoms with Crippen molar-refractivity contribution in [2.45, 2.75) is 51.5 Å². The van der Waals surface area contributed by atoms with Crippen molar-refractivity contribution in [2.75, 3.05) is 20.3 Å². The number of nitrogens with two attached hydrogens (primary N) is 1. The van der Waals surface area contributed by atoms with Crippen molar-refractivity contribution in [3.8, 4) is 0 Å². The van der Waals surface area contributed by atoms with E-state index in [0.29, 0.717) is 18.4 Å². The number of hydrogen-bond acceptors (Lipinski definition) is 3. The Morgan fingerprint density at radius 1 is 1.53 bits per heavy atom. The first-order chi connectivity index (χ1) is 8.13. The zero-order valence-corrected chi connectivity index (χ0v) is 11.1. The highest BCUT2D eigenvalue weighted by molar-refractivity contribution is 5.81. The maximum atomic E-state index is 11.8. The fourth-order valence-corrected chi connectivity index (χ4v) is 2.32. The minimum atomic E-state index is -0.390. The first-order valence-corrected chi connectivity index (χ1v) is 6.66. The van der Waals surface area contributed by atoms with Gasteiger partial charge in [-0.1, -0.05) is 13.3 Å². The monoisotopic (exact) mass is 242 g/mol. The summed E-state index contributed by atoms with van der Waals surface area (Å²) >= 11 is 0. The van der Waals surface area contributed by atoms with Gasteiger partial charge in [0.25, 0.3) is 0 Å². The van der Waals surface area contributed by atoms with Gasteiger partial charge in [0.15, 0.2) is 0 Å². The number of rotatable bonds is 8. The SMILES string of the molecule is CCC1(CNC(=O)C(N)CCCOC)CCC1. The Bertz CT molecular complexity index is 234. The molecule has 1 aliphatic carbocycles. The van der Waals surface area contributed by atoms with Crippen molar-refractivity contribution in [1.29, 1.82) is 0 Å². The second-order valence-electron chi connectivity index (χ2n) is 5.17. The predicted octanol–water partition coefficient (Wildman–Crippen LogP) is 1.44. The summed E-state index contributed by atoms with van der Waals surface area (Å²) in [5, 5.41) is 3.00. The van der Waals surface area contributed by atoms with Crippen LogP contribution in [0.2, 0.25) is 0 Å². The van der Waals surface area contributed by atoms with Crippen LogP contribution in [0.5, 0.6) is 0 Å². The van der Waals surface area contributed by atoms with E-state index in [1.54, 1.807) is 7.11 Å². The van der Waals surface area contributed by atoms with E-state index in [4.69, 9.17) is 10.5 Å². The smallest absolute Gasteiger partial charge is 0.236 e. The Hall–Kier alpha value is -0.610. The molecule has 0 saturated heterocycles. The van der Waals surface area contributed by atoms with Gasteiger partial charge in [-0.3, -0.25) is 4.79 Å². The van der Waals surface area contributed by atoms with Gasteiger partial charge >= 0.3 is 0 Å². The Morgan fingerprint density at radius 2 is 2.24 bits per heavy atom. The van der Waals surface area contributed by atoms with Gasteiger partial charge in [-0.15, -0.1) is 0 Å². The molecule has 4 heteroatoms. The van der Waals surface area contributed by atoms with Gasteiger partial charge in [-0.2, -0.15) is 0 Å². The molecule has 0 bridgehead atoms. The molecule has 0 radical (unpaired) electrons. The fraction of sp³-hybridized carbons (Fsp3) is 0.923. The van der Waals surface area contributed by atoms with Gasteiger partial charge in [-0.05, 0) is 37.5 Å². The van der Waals surface area contributed by atoms with Crippen LogP contribution in [0, 0.1) is 5.41 Å². The molecule has 17 heavy (non-hydrogen) atoms. The highest BCUT2D eigenvalue weighted by Crippen LogP contribution is 2.42. The number of carbonyl (C=O) groups excluding carboxylic acids is 1. The topological polar surface area (TPSA) is 64.4 Å². The summed E-state index contributed by atoms with van der Waals surface area (Å²) in [7, 11) is 1.66. The lowest BCUT2D eigenvalue weighted by molar-refractivity contribution is -0.123. The third kappa shape index (κ3) is 4.28. The molecule has 1 fully saturated rings. The summed E-state index contributed by atoms with van der Waals surface area (Å²) in [6.45, 7) is 3.66. The van der Waals surface area contributed by atoms with Crippen LogP contribution in [0.3, 0.4) is 0 Å². The first kappa shape index (κ1) is 14.5. The van der Waals surface area contributed by atoms with Crippen LogP contribution in [-0.4, -0.2) is 32.2 Å². The zero-order chi connectivity index (χ0) is 12.7. The fourth-order valence-electron chi connectivity index (χ4n) is 2.32. The number of amides is 1. The molecule has 0 heterocycles. The maximum Gasteiger partial charge on any atom is 0.236 e. The summed E-state index contributed by atoms with van der Waals surface area (Å²) in [4.78, 5) is 11.8. The van der Waals surface area contributed by atoms with E-state index >= 15 is 0 Å². The predicted molar refractivity (Wildman–Crippen MR) is 68.7 cm³/mol. The van der Waals surface area contributed by atoms with E-state index in [2.05, 4.69) is 12.2 Å². The number of nitrogens with one attached hydrogen (secondary N) is 1. The number of ether oxygens (including phenoxy) is 1. The minimum absolute atomic E-state index is 0.0131. The van der Waals surface area contributed by atoms with Crippen molar-refractivity contribution < 1.29 is 9.53 Å². The van der Waals surface area contributed by atoms with E-state index < -0.39 is 0 Å². The average molecular weight is 242 g/mol. The standard InChI is InChI=1S/C13H26N2O2/c1-3-13(7-5-8-13)10-15-12(16)11(14)6-4-9-17-2/h11H,3-10,14H2,1-2H3,(H,15,16). The summed E-state index contributed by atoms with van der Waals surface area (Å²) < 4.78 is 4.94. The molecular formula is C13H26N2O2. The van der Waals surface area contributed by atoms with E-state index in [9.17, 15) is 4.79 Å². The molecule has 1 rings (SSSR count). The van der Waals surface area contributed by atoms with Crippen LogP contribution in [0.1, 0.15) is 45.4 Å². The van der Waals surface area contributed by atoms with Gasteiger partial charge < -0.3 is 15.8 Å². The third-order valence-electron chi connectivity index (χ3n) is 4.00. The van der Waals surface area contributed by atoms with Crippen LogP contribution < -0.4 is 11.1 Å². The molecule has 0 spiro atoms. The number of carbonyl (C=O) groups is 1. The Morgan fingerprint density at radius 3 is 2.71 bits per heavy atom. The van der Waals surface area contributed by atoms with Crippen molar-refractivity contribution in [3.63, 3.8) is 0 Å². The average Bonchev–Trinajstić information content (AvgIpc) is 2.28. The first-order valence-electron chi connectivity index (χ1n) is 6.66. The third-order valence-corrected chi connectivity index (χ3v) is 4.00. The van der Waals surface area contributed by atoms with Crippen LogP contribution in [0.4, 0.5) is 0 Å². The van der Waals surface area contributed by atoms with Gasteiger partial charge in [0, 0.05) is 20.3 Å². The highest BCUT2D eigenvalue weighted by Gasteiger charge is 2.35. The van der Waals surface area contributed by atoms with Gasteiger partial charge in [-0.25, -0.2) is 0 Å². The summed E-state index contributed by atoms with van der Waals surface area (Å²) in [6, 6.07) is -0.390. The maximum absolute atomic E-state index is 11.8. The molecule has 100 valence electrons. The normalized spacial score (nSPS) is 19.5. The van der Waals surface area contributed by atoms with Crippen molar-refractivity contribution in [3.05, 3.63) is 0 Å². The van der Waals surface area contributed by atoms with Gasteiger partial charge in [0.2, 0.25) is 5.91 Å². The molecule has 4 nitrogen and oxygen atoms in total. The molecule has 1 atom stereocenters. The summed E-state index contributed by atoms with van der Waals surface area (Å²) in [5.41, 5.74) is 6.18. The number of methoxy groups -OCH3 is 1. The van der Waals surface area contributed by atoms with Crippen molar-refractivity contribution >= 4 is 5.91 Å². The molecule has 0 aromatic carbocycles. The molecule has 0 aliphatic heterocycles. The van der Waals surface area contributed by atoms with Crippen molar-refractivity contribution in [2.24, 2.45) is 11.1 Å². The molecule has 1 aliphatic rings. The largest absolute Gasteiger partial charge is 0.385 e. The van der Waals surface area contributed by atoms with E-state index in [1.165, 1.54) is 19.3 Å². The molecular weight excluding hydrogens is 216 g/mol. The van der Waals surface area contributed by atoms with E-state index in [0.717, 1.165) is 19.4 Å².